The maximum atomic E-state index is 9.64. The first kappa shape index (κ1) is 25.2. The normalized spacial score (nSPS) is 14.4. The van der Waals surface area contributed by atoms with E-state index in [4.69, 9.17) is 9.98 Å². The fraction of sp³-hybridized carbons (Fsp3) is 0.0263. The number of nitriles is 1. The molecular formula is C38H26N4. The standard InChI is InChI=1S/C38H26N4/c39-25-31-16-8-9-17-32(31)27-19-21-28(22-20-27)35-33-18-10-7-11-26(33)23-24-34(35)38-41-36(29-12-3-1-4-13-29)40-37(42-38)30-14-5-2-6-15-30/h1-24,36H,(H,40,41,42). The fourth-order valence-electron chi connectivity index (χ4n) is 5.54. The molecule has 0 saturated carbocycles. The first-order chi connectivity index (χ1) is 20.8. The van der Waals surface area contributed by atoms with Gasteiger partial charge in [-0.3, -0.25) is 0 Å². The molecular weight excluding hydrogens is 512 g/mol. The Labute approximate surface area is 245 Å². The third-order valence-corrected chi connectivity index (χ3v) is 7.61. The molecule has 1 unspecified atom stereocenters. The molecule has 0 fully saturated rings. The van der Waals surface area contributed by atoms with Crippen molar-refractivity contribution in [2.45, 2.75) is 6.17 Å². The lowest BCUT2D eigenvalue weighted by Gasteiger charge is -2.25. The van der Waals surface area contributed by atoms with Crippen LogP contribution in [-0.2, 0) is 0 Å². The molecule has 198 valence electrons. The Morgan fingerprint density at radius 1 is 0.571 bits per heavy atom. The van der Waals surface area contributed by atoms with Crippen LogP contribution in [0.15, 0.2) is 156 Å². The van der Waals surface area contributed by atoms with Gasteiger partial charge in [-0.1, -0.05) is 140 Å². The fourth-order valence-corrected chi connectivity index (χ4v) is 5.54. The third kappa shape index (κ3) is 4.74. The number of rotatable bonds is 5. The average molecular weight is 539 g/mol. The minimum absolute atomic E-state index is 0.280. The van der Waals surface area contributed by atoms with E-state index >= 15 is 0 Å². The first-order valence-corrected chi connectivity index (χ1v) is 13.9. The summed E-state index contributed by atoms with van der Waals surface area (Å²) in [4.78, 5) is 10.1. The van der Waals surface area contributed by atoms with Crippen molar-refractivity contribution in [3.8, 4) is 28.3 Å². The van der Waals surface area contributed by atoms with Crippen LogP contribution in [0.1, 0.15) is 28.4 Å². The number of hydrogen-bond acceptors (Lipinski definition) is 4. The highest BCUT2D eigenvalue weighted by molar-refractivity contribution is 6.18. The van der Waals surface area contributed by atoms with Crippen molar-refractivity contribution >= 4 is 22.4 Å². The highest BCUT2D eigenvalue weighted by Crippen LogP contribution is 2.35. The van der Waals surface area contributed by atoms with Gasteiger partial charge in [-0.25, -0.2) is 9.98 Å². The van der Waals surface area contributed by atoms with Gasteiger partial charge in [-0.2, -0.15) is 5.26 Å². The highest BCUT2D eigenvalue weighted by Gasteiger charge is 2.24. The monoisotopic (exact) mass is 538 g/mol. The zero-order valence-corrected chi connectivity index (χ0v) is 22.8. The van der Waals surface area contributed by atoms with E-state index in [1.807, 2.05) is 72.8 Å². The summed E-state index contributed by atoms with van der Waals surface area (Å²) in [7, 11) is 0. The molecule has 0 amide bonds. The third-order valence-electron chi connectivity index (χ3n) is 7.61. The first-order valence-electron chi connectivity index (χ1n) is 13.9. The van der Waals surface area contributed by atoms with Crippen molar-refractivity contribution in [2.24, 2.45) is 9.98 Å². The smallest absolute Gasteiger partial charge is 0.159 e. The average Bonchev–Trinajstić information content (AvgIpc) is 3.08. The largest absolute Gasteiger partial charge is 0.344 e. The molecule has 4 heteroatoms. The van der Waals surface area contributed by atoms with E-state index in [1.54, 1.807) is 0 Å². The maximum Gasteiger partial charge on any atom is 0.159 e. The molecule has 0 aliphatic carbocycles. The Hall–Kier alpha value is -5.79. The Morgan fingerprint density at radius 2 is 1.24 bits per heavy atom. The molecule has 0 saturated heterocycles. The molecule has 1 atom stereocenters. The van der Waals surface area contributed by atoms with Gasteiger partial charge in [0.25, 0.3) is 0 Å². The van der Waals surface area contributed by atoms with E-state index in [1.165, 1.54) is 0 Å². The van der Waals surface area contributed by atoms with Crippen molar-refractivity contribution in [3.63, 3.8) is 0 Å². The summed E-state index contributed by atoms with van der Waals surface area (Å²) in [6.07, 6.45) is -0.280. The molecule has 0 spiro atoms. The predicted molar refractivity (Wildman–Crippen MR) is 171 cm³/mol. The summed E-state index contributed by atoms with van der Waals surface area (Å²) >= 11 is 0. The van der Waals surface area contributed by atoms with Crippen molar-refractivity contribution in [3.05, 3.63) is 168 Å². The van der Waals surface area contributed by atoms with Crippen LogP contribution < -0.4 is 5.32 Å². The Morgan fingerprint density at radius 3 is 2.02 bits per heavy atom. The lowest BCUT2D eigenvalue weighted by Crippen LogP contribution is -2.34. The molecule has 0 radical (unpaired) electrons. The topological polar surface area (TPSA) is 60.5 Å². The zero-order chi connectivity index (χ0) is 28.3. The van der Waals surface area contributed by atoms with Gasteiger partial charge in [0.15, 0.2) is 5.84 Å². The molecule has 6 aromatic carbocycles. The summed E-state index contributed by atoms with van der Waals surface area (Å²) in [5, 5.41) is 15.6. The van der Waals surface area contributed by atoms with Crippen LogP contribution in [-0.4, -0.2) is 11.7 Å². The summed E-state index contributed by atoms with van der Waals surface area (Å²) in [6.45, 7) is 0. The number of aliphatic imine (C=N–C) groups is 2. The molecule has 0 aromatic heterocycles. The molecule has 7 rings (SSSR count). The van der Waals surface area contributed by atoms with E-state index in [-0.39, 0.29) is 6.17 Å². The second-order valence-corrected chi connectivity index (χ2v) is 10.2. The van der Waals surface area contributed by atoms with Crippen molar-refractivity contribution in [1.82, 2.24) is 5.32 Å². The van der Waals surface area contributed by atoms with E-state index in [0.29, 0.717) is 11.4 Å². The van der Waals surface area contributed by atoms with Gasteiger partial charge >= 0.3 is 0 Å². The molecule has 42 heavy (non-hydrogen) atoms. The second-order valence-electron chi connectivity index (χ2n) is 10.2. The number of nitrogens with zero attached hydrogens (tertiary/aromatic N) is 3. The lowest BCUT2D eigenvalue weighted by atomic mass is 9.91. The molecule has 1 aliphatic heterocycles. The van der Waals surface area contributed by atoms with E-state index in [0.717, 1.165) is 55.6 Å². The molecule has 1 N–H and O–H groups in total. The number of fused-ring (bicyclic) bond motifs is 1. The van der Waals surface area contributed by atoms with Gasteiger partial charge in [-0.05, 0) is 39.1 Å². The summed E-state index contributed by atoms with van der Waals surface area (Å²) < 4.78 is 0. The van der Waals surface area contributed by atoms with Gasteiger partial charge in [0.2, 0.25) is 0 Å². The Kier molecular flexibility index (Phi) is 6.60. The number of hydrogen-bond donors (Lipinski definition) is 1. The predicted octanol–water partition coefficient (Wildman–Crippen LogP) is 8.54. The van der Waals surface area contributed by atoms with Crippen molar-refractivity contribution in [2.75, 3.05) is 0 Å². The van der Waals surface area contributed by atoms with Crippen molar-refractivity contribution < 1.29 is 0 Å². The minimum atomic E-state index is -0.280. The van der Waals surface area contributed by atoms with Crippen LogP contribution in [0.2, 0.25) is 0 Å². The van der Waals surface area contributed by atoms with Gasteiger partial charge in [0, 0.05) is 16.7 Å². The van der Waals surface area contributed by atoms with E-state index < -0.39 is 0 Å². The summed E-state index contributed by atoms with van der Waals surface area (Å²) in [5.41, 5.74) is 7.82. The van der Waals surface area contributed by atoms with Crippen molar-refractivity contribution in [1.29, 1.82) is 5.26 Å². The minimum Gasteiger partial charge on any atom is -0.344 e. The van der Waals surface area contributed by atoms with Gasteiger partial charge in [0.05, 0.1) is 11.6 Å². The van der Waals surface area contributed by atoms with Crippen LogP contribution in [0.25, 0.3) is 33.0 Å². The molecule has 0 bridgehead atoms. The molecule has 6 aromatic rings. The molecule has 4 nitrogen and oxygen atoms in total. The van der Waals surface area contributed by atoms with Crippen LogP contribution in [0.3, 0.4) is 0 Å². The van der Waals surface area contributed by atoms with Gasteiger partial charge in [-0.15, -0.1) is 0 Å². The van der Waals surface area contributed by atoms with Gasteiger partial charge in [0.1, 0.15) is 12.0 Å². The summed E-state index contributed by atoms with van der Waals surface area (Å²) in [6, 6.07) is 51.6. The van der Waals surface area contributed by atoms with Crippen LogP contribution in [0, 0.1) is 11.3 Å². The number of amidine groups is 2. The van der Waals surface area contributed by atoms with Crippen LogP contribution in [0.4, 0.5) is 0 Å². The van der Waals surface area contributed by atoms with Crippen LogP contribution in [0.5, 0.6) is 0 Å². The number of nitrogens with one attached hydrogen (secondary N) is 1. The maximum absolute atomic E-state index is 9.64. The highest BCUT2D eigenvalue weighted by atomic mass is 15.2. The SMILES string of the molecule is N#Cc1ccccc1-c1ccc(-c2c(C3=NC(c4ccccc4)=NC(c4ccccc4)N3)ccc3ccccc23)cc1. The van der Waals surface area contributed by atoms with E-state index in [9.17, 15) is 5.26 Å². The lowest BCUT2D eigenvalue weighted by molar-refractivity contribution is 0.674. The zero-order valence-electron chi connectivity index (χ0n) is 22.8. The van der Waals surface area contributed by atoms with Crippen LogP contribution >= 0.6 is 0 Å². The quantitative estimate of drug-likeness (QED) is 0.239. The van der Waals surface area contributed by atoms with E-state index in [2.05, 4.69) is 84.2 Å². The van der Waals surface area contributed by atoms with Gasteiger partial charge < -0.3 is 5.32 Å². The number of benzene rings is 6. The Bertz CT molecular complexity index is 2000. The molecule has 1 aliphatic rings. The summed E-state index contributed by atoms with van der Waals surface area (Å²) in [5.74, 6) is 1.47. The molecule has 1 heterocycles. The second kappa shape index (κ2) is 11.0. The Balaban J connectivity index is 1.39.